The van der Waals surface area contributed by atoms with Crippen molar-refractivity contribution in [3.63, 3.8) is 0 Å². The van der Waals surface area contributed by atoms with Gasteiger partial charge in [-0.25, -0.2) is 8.78 Å². The van der Waals surface area contributed by atoms with Gasteiger partial charge in [-0.05, 0) is 36.8 Å². The van der Waals surface area contributed by atoms with Crippen LogP contribution in [-0.4, -0.2) is 4.98 Å². The zero-order valence-electron chi connectivity index (χ0n) is 9.42. The van der Waals surface area contributed by atoms with E-state index in [9.17, 15) is 8.78 Å². The van der Waals surface area contributed by atoms with Crippen molar-refractivity contribution >= 4 is 12.2 Å². The molecule has 0 aliphatic carbocycles. The van der Waals surface area contributed by atoms with Crippen LogP contribution in [0, 0.1) is 34.5 Å². The Morgan fingerprint density at radius 2 is 1.94 bits per heavy atom. The molecule has 2 aromatic rings. The molecule has 0 unspecified atom stereocenters. The number of nitriles is 1. The van der Waals surface area contributed by atoms with Crippen LogP contribution in [0.3, 0.4) is 0 Å². The first-order chi connectivity index (χ1) is 8.52. The molecule has 0 fully saturated rings. The van der Waals surface area contributed by atoms with Crippen molar-refractivity contribution in [3.05, 3.63) is 51.7 Å². The Labute approximate surface area is 108 Å². The SMILES string of the molecule is Cc1cc(C#N)c(=S)[nH]c1-c1ccc(F)c(F)c1. The maximum absolute atomic E-state index is 13.2. The van der Waals surface area contributed by atoms with E-state index in [-0.39, 0.29) is 4.64 Å². The molecule has 1 N–H and O–H groups in total. The predicted octanol–water partition coefficient (Wildman–Crippen LogP) is 3.87. The Balaban J connectivity index is 2.65. The van der Waals surface area contributed by atoms with Crippen LogP contribution in [0.2, 0.25) is 0 Å². The lowest BCUT2D eigenvalue weighted by molar-refractivity contribution is 0.509. The summed E-state index contributed by atoms with van der Waals surface area (Å²) in [4.78, 5) is 2.86. The first-order valence-corrected chi connectivity index (χ1v) is 5.53. The second kappa shape index (κ2) is 4.67. The molecule has 1 aromatic heterocycles. The van der Waals surface area contributed by atoms with Gasteiger partial charge in [0.05, 0.1) is 5.56 Å². The highest BCUT2D eigenvalue weighted by Gasteiger charge is 2.08. The molecule has 18 heavy (non-hydrogen) atoms. The van der Waals surface area contributed by atoms with Crippen molar-refractivity contribution in [1.29, 1.82) is 5.26 Å². The van der Waals surface area contributed by atoms with Crippen molar-refractivity contribution in [2.24, 2.45) is 0 Å². The fourth-order valence-corrected chi connectivity index (χ4v) is 1.87. The summed E-state index contributed by atoms with van der Waals surface area (Å²) in [5.74, 6) is -1.82. The van der Waals surface area contributed by atoms with Gasteiger partial charge < -0.3 is 4.98 Å². The molecule has 0 saturated carbocycles. The van der Waals surface area contributed by atoms with Crippen molar-refractivity contribution in [2.75, 3.05) is 0 Å². The molecular weight excluding hydrogens is 254 g/mol. The lowest BCUT2D eigenvalue weighted by atomic mass is 10.1. The van der Waals surface area contributed by atoms with Crippen molar-refractivity contribution < 1.29 is 8.78 Å². The highest BCUT2D eigenvalue weighted by atomic mass is 32.1. The van der Waals surface area contributed by atoms with Crippen molar-refractivity contribution in [1.82, 2.24) is 4.98 Å². The van der Waals surface area contributed by atoms with Gasteiger partial charge in [-0.15, -0.1) is 0 Å². The first kappa shape index (κ1) is 12.4. The summed E-state index contributed by atoms with van der Waals surface area (Å²) in [6.45, 7) is 1.77. The normalized spacial score (nSPS) is 10.1. The number of nitrogens with one attached hydrogen (secondary N) is 1. The van der Waals surface area contributed by atoms with Gasteiger partial charge in [-0.1, -0.05) is 12.2 Å². The molecule has 2 rings (SSSR count). The largest absolute Gasteiger partial charge is 0.345 e. The van der Waals surface area contributed by atoms with Crippen LogP contribution in [0.25, 0.3) is 11.3 Å². The molecule has 90 valence electrons. The van der Waals surface area contributed by atoms with Gasteiger partial charge in [0.1, 0.15) is 10.7 Å². The highest BCUT2D eigenvalue weighted by Crippen LogP contribution is 2.23. The van der Waals surface area contributed by atoms with Crippen LogP contribution in [0.5, 0.6) is 0 Å². The number of hydrogen-bond donors (Lipinski definition) is 1. The van der Waals surface area contributed by atoms with Gasteiger partial charge in [-0.2, -0.15) is 5.26 Å². The second-order valence-corrected chi connectivity index (χ2v) is 4.22. The minimum atomic E-state index is -0.921. The van der Waals surface area contributed by atoms with E-state index < -0.39 is 11.6 Å². The molecule has 0 atom stereocenters. The third kappa shape index (κ3) is 2.15. The molecule has 0 bridgehead atoms. The maximum Gasteiger partial charge on any atom is 0.159 e. The Bertz CT molecular complexity index is 714. The van der Waals surface area contributed by atoms with Crippen LogP contribution >= 0.6 is 12.2 Å². The lowest BCUT2D eigenvalue weighted by Crippen LogP contribution is -1.94. The maximum atomic E-state index is 13.2. The summed E-state index contributed by atoms with van der Waals surface area (Å²) in [5, 5.41) is 8.84. The fourth-order valence-electron chi connectivity index (χ4n) is 1.67. The molecule has 0 aliphatic heterocycles. The van der Waals surface area contributed by atoms with Gasteiger partial charge in [-0.3, -0.25) is 0 Å². The van der Waals surface area contributed by atoms with E-state index in [4.69, 9.17) is 17.5 Å². The Kier molecular flexibility index (Phi) is 3.21. The van der Waals surface area contributed by atoms with Crippen LogP contribution in [-0.2, 0) is 0 Å². The minimum absolute atomic E-state index is 0.280. The predicted molar refractivity (Wildman–Crippen MR) is 66.4 cm³/mol. The van der Waals surface area contributed by atoms with E-state index >= 15 is 0 Å². The molecule has 5 heteroatoms. The molecule has 0 spiro atoms. The van der Waals surface area contributed by atoms with E-state index in [1.807, 2.05) is 6.07 Å². The fraction of sp³-hybridized carbons (Fsp3) is 0.0769. The standard InChI is InChI=1S/C13H8F2N2S/c1-7-4-9(6-16)13(18)17-12(7)8-2-3-10(14)11(15)5-8/h2-5H,1H3,(H,17,18). The van der Waals surface area contributed by atoms with E-state index in [1.54, 1.807) is 13.0 Å². The quantitative estimate of drug-likeness (QED) is 0.792. The molecule has 2 nitrogen and oxygen atoms in total. The number of aromatic amines is 1. The van der Waals surface area contributed by atoms with Gasteiger partial charge in [0, 0.05) is 11.3 Å². The van der Waals surface area contributed by atoms with E-state index in [0.717, 1.165) is 17.7 Å². The van der Waals surface area contributed by atoms with Crippen LogP contribution < -0.4 is 0 Å². The molecule has 0 aliphatic rings. The summed E-state index contributed by atoms with van der Waals surface area (Å²) in [5.41, 5.74) is 2.17. The van der Waals surface area contributed by atoms with Crippen molar-refractivity contribution in [2.45, 2.75) is 6.92 Å². The minimum Gasteiger partial charge on any atom is -0.345 e. The molecule has 0 amide bonds. The number of H-pyrrole nitrogens is 1. The number of rotatable bonds is 1. The van der Waals surface area contributed by atoms with E-state index in [0.29, 0.717) is 16.8 Å². The van der Waals surface area contributed by atoms with Crippen LogP contribution in [0.4, 0.5) is 8.78 Å². The topological polar surface area (TPSA) is 39.6 Å². The summed E-state index contributed by atoms with van der Waals surface area (Å²) < 4.78 is 26.3. The van der Waals surface area contributed by atoms with E-state index in [2.05, 4.69) is 4.98 Å². The molecule has 0 saturated heterocycles. The Morgan fingerprint density at radius 3 is 2.56 bits per heavy atom. The Hall–Kier alpha value is -2.06. The number of aromatic nitrogens is 1. The van der Waals surface area contributed by atoms with Gasteiger partial charge in [0.2, 0.25) is 0 Å². The number of nitrogens with zero attached hydrogens (tertiary/aromatic N) is 1. The summed E-state index contributed by atoms with van der Waals surface area (Å²) in [7, 11) is 0. The zero-order chi connectivity index (χ0) is 13.3. The number of benzene rings is 1. The third-order valence-electron chi connectivity index (χ3n) is 2.57. The van der Waals surface area contributed by atoms with Crippen molar-refractivity contribution in [3.8, 4) is 17.3 Å². The van der Waals surface area contributed by atoms with Gasteiger partial charge >= 0.3 is 0 Å². The third-order valence-corrected chi connectivity index (χ3v) is 2.89. The highest BCUT2D eigenvalue weighted by molar-refractivity contribution is 7.71. The summed E-state index contributed by atoms with van der Waals surface area (Å²) in [6.07, 6.45) is 0. The number of hydrogen-bond acceptors (Lipinski definition) is 2. The molecule has 0 radical (unpaired) electrons. The molecule has 1 heterocycles. The summed E-state index contributed by atoms with van der Waals surface area (Å²) in [6, 6.07) is 7.19. The Morgan fingerprint density at radius 1 is 1.22 bits per heavy atom. The smallest absolute Gasteiger partial charge is 0.159 e. The average Bonchev–Trinajstić information content (AvgIpc) is 2.35. The van der Waals surface area contributed by atoms with Crippen LogP contribution in [0.1, 0.15) is 11.1 Å². The number of aryl methyl sites for hydroxylation is 1. The monoisotopic (exact) mass is 262 g/mol. The number of pyridine rings is 1. The summed E-state index contributed by atoms with van der Waals surface area (Å²) >= 11 is 5.01. The van der Waals surface area contributed by atoms with E-state index in [1.165, 1.54) is 6.07 Å². The van der Waals surface area contributed by atoms with Gasteiger partial charge in [0.25, 0.3) is 0 Å². The van der Waals surface area contributed by atoms with Crippen LogP contribution in [0.15, 0.2) is 24.3 Å². The molecular formula is C13H8F2N2S. The molecule has 1 aromatic carbocycles. The van der Waals surface area contributed by atoms with Gasteiger partial charge in [0.15, 0.2) is 11.6 Å². The average molecular weight is 262 g/mol. The second-order valence-electron chi connectivity index (χ2n) is 3.81. The first-order valence-electron chi connectivity index (χ1n) is 5.12. The lowest BCUT2D eigenvalue weighted by Gasteiger charge is -2.07. The zero-order valence-corrected chi connectivity index (χ0v) is 10.2. The number of halogens is 2.